The summed E-state index contributed by atoms with van der Waals surface area (Å²) in [5.74, 6) is -0.456. The molecule has 0 unspecified atom stereocenters. The van der Waals surface area contributed by atoms with E-state index in [0.29, 0.717) is 37.4 Å². The van der Waals surface area contributed by atoms with Crippen molar-refractivity contribution in [2.24, 2.45) is 5.92 Å². The minimum absolute atomic E-state index is 0.104. The number of sulfonamides is 1. The average molecular weight is 474 g/mol. The van der Waals surface area contributed by atoms with Crippen LogP contribution in [0.5, 0.6) is 0 Å². The van der Waals surface area contributed by atoms with Crippen LogP contribution in [0, 0.1) is 5.92 Å². The minimum Gasteiger partial charge on any atom is -0.355 e. The first-order chi connectivity index (χ1) is 15.4. The Labute approximate surface area is 194 Å². The number of nitrogens with one attached hydrogen (secondary N) is 1. The second-order valence-corrected chi connectivity index (χ2v) is 10.5. The maximum Gasteiger partial charge on any atom is 0.243 e. The molecule has 4 rings (SSSR count). The predicted octanol–water partition coefficient (Wildman–Crippen LogP) is 4.07. The van der Waals surface area contributed by atoms with Gasteiger partial charge in [-0.2, -0.15) is 4.31 Å². The van der Waals surface area contributed by atoms with E-state index in [2.05, 4.69) is 16.8 Å². The van der Waals surface area contributed by atoms with Gasteiger partial charge in [-0.25, -0.2) is 8.42 Å². The Morgan fingerprint density at radius 1 is 1.19 bits per heavy atom. The van der Waals surface area contributed by atoms with Gasteiger partial charge in [0, 0.05) is 48.3 Å². The van der Waals surface area contributed by atoms with Crippen LogP contribution in [-0.4, -0.2) is 42.8 Å². The van der Waals surface area contributed by atoms with Crippen molar-refractivity contribution in [2.45, 2.75) is 37.6 Å². The Morgan fingerprint density at radius 3 is 2.78 bits per heavy atom. The minimum atomic E-state index is -3.66. The van der Waals surface area contributed by atoms with E-state index in [1.165, 1.54) is 4.31 Å². The Hall–Kier alpha value is -2.35. The number of fused-ring (bicyclic) bond motifs is 1. The van der Waals surface area contributed by atoms with Gasteiger partial charge in [0.25, 0.3) is 0 Å². The average Bonchev–Trinajstić information content (AvgIpc) is 3.23. The van der Waals surface area contributed by atoms with Crippen molar-refractivity contribution in [3.05, 3.63) is 65.3 Å². The molecule has 1 amide bonds. The third-order valence-electron chi connectivity index (χ3n) is 6.13. The van der Waals surface area contributed by atoms with Gasteiger partial charge in [0.2, 0.25) is 15.9 Å². The van der Waals surface area contributed by atoms with E-state index in [4.69, 9.17) is 11.6 Å². The molecule has 3 aromatic rings. The molecule has 32 heavy (non-hydrogen) atoms. The van der Waals surface area contributed by atoms with Crippen molar-refractivity contribution in [3.63, 3.8) is 0 Å². The highest BCUT2D eigenvalue weighted by Crippen LogP contribution is 2.27. The zero-order valence-corrected chi connectivity index (χ0v) is 19.7. The van der Waals surface area contributed by atoms with Crippen molar-refractivity contribution in [1.29, 1.82) is 0 Å². The maximum absolute atomic E-state index is 13.3. The van der Waals surface area contributed by atoms with E-state index in [9.17, 15) is 13.2 Å². The molecule has 0 radical (unpaired) electrons. The summed E-state index contributed by atoms with van der Waals surface area (Å²) < 4.78 is 30.1. The molecule has 1 aliphatic rings. The lowest BCUT2D eigenvalue weighted by Crippen LogP contribution is -2.45. The molecule has 8 heteroatoms. The summed E-state index contributed by atoms with van der Waals surface area (Å²) in [5.41, 5.74) is 2.00. The molecule has 6 nitrogen and oxygen atoms in total. The lowest BCUT2D eigenvalue weighted by molar-refractivity contribution is -0.126. The Kier molecular flexibility index (Phi) is 6.88. The van der Waals surface area contributed by atoms with Gasteiger partial charge in [0.1, 0.15) is 0 Å². The van der Waals surface area contributed by atoms with Crippen LogP contribution in [0.3, 0.4) is 0 Å². The number of benzene rings is 2. The van der Waals surface area contributed by atoms with E-state index in [1.54, 1.807) is 12.1 Å². The van der Waals surface area contributed by atoms with Gasteiger partial charge in [-0.1, -0.05) is 29.8 Å². The third kappa shape index (κ3) is 4.70. The Bertz CT molecular complexity index is 1220. The van der Waals surface area contributed by atoms with Gasteiger partial charge in [-0.15, -0.1) is 0 Å². The Balaban J connectivity index is 1.41. The van der Waals surface area contributed by atoms with Crippen LogP contribution in [0.25, 0.3) is 10.9 Å². The number of hydrogen-bond donors (Lipinski definition) is 1. The van der Waals surface area contributed by atoms with Crippen molar-refractivity contribution in [3.8, 4) is 0 Å². The SMILES string of the molecule is CCn1ccc2cc(S(=O)(=O)N3CCC[C@H](C(=O)NCCc4ccccc4Cl)C3)ccc21. The topological polar surface area (TPSA) is 71.4 Å². The summed E-state index contributed by atoms with van der Waals surface area (Å²) in [6, 6.07) is 14.7. The summed E-state index contributed by atoms with van der Waals surface area (Å²) in [7, 11) is -3.66. The normalized spacial score (nSPS) is 17.5. The fraction of sp³-hybridized carbons (Fsp3) is 0.375. The van der Waals surface area contributed by atoms with E-state index < -0.39 is 10.0 Å². The highest BCUT2D eigenvalue weighted by atomic mass is 35.5. The Morgan fingerprint density at radius 2 is 2.00 bits per heavy atom. The second-order valence-electron chi connectivity index (χ2n) is 8.16. The number of amides is 1. The number of piperidine rings is 1. The van der Waals surface area contributed by atoms with Gasteiger partial charge in [-0.3, -0.25) is 4.79 Å². The lowest BCUT2D eigenvalue weighted by atomic mass is 9.99. The summed E-state index contributed by atoms with van der Waals surface area (Å²) in [5, 5.41) is 4.54. The molecule has 1 atom stereocenters. The van der Waals surface area contributed by atoms with E-state index in [0.717, 1.165) is 23.0 Å². The summed E-state index contributed by atoms with van der Waals surface area (Å²) in [6.45, 7) is 3.98. The fourth-order valence-electron chi connectivity index (χ4n) is 4.30. The first kappa shape index (κ1) is 22.8. The number of hydrogen-bond acceptors (Lipinski definition) is 3. The van der Waals surface area contributed by atoms with Crippen molar-refractivity contribution in [2.75, 3.05) is 19.6 Å². The number of nitrogens with zero attached hydrogens (tertiary/aromatic N) is 2. The number of carbonyl (C=O) groups excluding carboxylic acids is 1. The molecule has 0 aliphatic carbocycles. The molecule has 2 aromatic carbocycles. The quantitative estimate of drug-likeness (QED) is 0.562. The summed E-state index contributed by atoms with van der Waals surface area (Å²) >= 11 is 6.17. The number of aryl methyl sites for hydroxylation is 1. The van der Waals surface area contributed by atoms with Gasteiger partial charge in [-0.05, 0) is 62.1 Å². The molecule has 1 aliphatic heterocycles. The molecular formula is C24H28ClN3O3S. The standard InChI is InChI=1S/C24H28ClN3O3S/c1-2-27-15-12-19-16-21(9-10-23(19)27)32(30,31)28-14-5-7-20(17-28)24(29)26-13-11-18-6-3-4-8-22(18)25/h3-4,6,8-10,12,15-16,20H,2,5,7,11,13-14,17H2,1H3,(H,26,29)/t20-/m0/s1. The van der Waals surface area contributed by atoms with Crippen LogP contribution in [-0.2, 0) is 27.8 Å². The van der Waals surface area contributed by atoms with E-state index in [1.807, 2.05) is 42.6 Å². The van der Waals surface area contributed by atoms with Crippen LogP contribution < -0.4 is 5.32 Å². The molecular weight excluding hydrogens is 446 g/mol. The van der Waals surface area contributed by atoms with Crippen molar-refractivity contribution in [1.82, 2.24) is 14.2 Å². The molecule has 2 heterocycles. The highest BCUT2D eigenvalue weighted by molar-refractivity contribution is 7.89. The summed E-state index contributed by atoms with van der Waals surface area (Å²) in [4.78, 5) is 13.0. The number of carbonyl (C=O) groups is 1. The predicted molar refractivity (Wildman–Crippen MR) is 127 cm³/mol. The zero-order valence-electron chi connectivity index (χ0n) is 18.1. The fourth-order valence-corrected chi connectivity index (χ4v) is 6.09. The third-order valence-corrected chi connectivity index (χ3v) is 8.36. The lowest BCUT2D eigenvalue weighted by Gasteiger charge is -2.31. The van der Waals surface area contributed by atoms with Crippen LogP contribution >= 0.6 is 11.6 Å². The van der Waals surface area contributed by atoms with E-state index in [-0.39, 0.29) is 23.3 Å². The second kappa shape index (κ2) is 9.65. The molecule has 1 N–H and O–H groups in total. The molecule has 0 bridgehead atoms. The smallest absolute Gasteiger partial charge is 0.243 e. The van der Waals surface area contributed by atoms with Crippen molar-refractivity contribution < 1.29 is 13.2 Å². The van der Waals surface area contributed by atoms with Gasteiger partial charge in [0.05, 0.1) is 10.8 Å². The molecule has 1 aromatic heterocycles. The number of aromatic nitrogens is 1. The maximum atomic E-state index is 13.3. The largest absolute Gasteiger partial charge is 0.355 e. The summed E-state index contributed by atoms with van der Waals surface area (Å²) in [6.07, 6.45) is 3.95. The van der Waals surface area contributed by atoms with Crippen molar-refractivity contribution >= 4 is 38.4 Å². The van der Waals surface area contributed by atoms with Crippen LogP contribution in [0.15, 0.2) is 59.6 Å². The number of halogens is 1. The van der Waals surface area contributed by atoms with Gasteiger partial charge < -0.3 is 9.88 Å². The first-order valence-corrected chi connectivity index (χ1v) is 12.8. The van der Waals surface area contributed by atoms with Gasteiger partial charge >= 0.3 is 0 Å². The molecule has 1 fully saturated rings. The number of rotatable bonds is 7. The molecule has 170 valence electrons. The highest BCUT2D eigenvalue weighted by Gasteiger charge is 2.33. The molecule has 1 saturated heterocycles. The van der Waals surface area contributed by atoms with Crippen LogP contribution in [0.2, 0.25) is 5.02 Å². The monoisotopic (exact) mass is 473 g/mol. The first-order valence-electron chi connectivity index (χ1n) is 11.0. The zero-order chi connectivity index (χ0) is 22.7. The van der Waals surface area contributed by atoms with Crippen LogP contribution in [0.1, 0.15) is 25.3 Å². The molecule has 0 saturated carbocycles. The van der Waals surface area contributed by atoms with Gasteiger partial charge in [0.15, 0.2) is 0 Å². The molecule has 0 spiro atoms. The van der Waals surface area contributed by atoms with E-state index >= 15 is 0 Å². The van der Waals surface area contributed by atoms with Crippen LogP contribution in [0.4, 0.5) is 0 Å².